The van der Waals surface area contributed by atoms with Crippen molar-refractivity contribution in [2.45, 2.75) is 38.1 Å². The van der Waals surface area contributed by atoms with Gasteiger partial charge in [-0.15, -0.1) is 0 Å². The number of amides is 1. The molecule has 1 saturated heterocycles. The van der Waals surface area contributed by atoms with Crippen LogP contribution in [0.1, 0.15) is 35.3 Å². The smallest absolute Gasteiger partial charge is 0.371 e. The third-order valence-corrected chi connectivity index (χ3v) is 4.96. The van der Waals surface area contributed by atoms with Crippen molar-refractivity contribution >= 4 is 11.6 Å². The number of alkyl halides is 3. The summed E-state index contributed by atoms with van der Waals surface area (Å²) in [7, 11) is 0. The third-order valence-electron chi connectivity index (χ3n) is 4.96. The zero-order chi connectivity index (χ0) is 21.6. The van der Waals surface area contributed by atoms with E-state index in [4.69, 9.17) is 5.26 Å². The maximum Gasteiger partial charge on any atom is 0.417 e. The molecule has 1 amide bonds. The van der Waals surface area contributed by atoms with Crippen molar-refractivity contribution in [2.75, 3.05) is 4.90 Å². The first-order valence-electron chi connectivity index (χ1n) is 8.64. The van der Waals surface area contributed by atoms with E-state index in [2.05, 4.69) is 0 Å². The summed E-state index contributed by atoms with van der Waals surface area (Å²) in [6, 6.07) is 12.3. The Bertz CT molecular complexity index is 970. The first-order valence-corrected chi connectivity index (χ1v) is 8.64. The molecule has 0 radical (unpaired) electrons. The topological polar surface area (TPSA) is 87.8 Å². The van der Waals surface area contributed by atoms with E-state index in [1.165, 1.54) is 38.1 Å². The molecule has 2 unspecified atom stereocenters. The van der Waals surface area contributed by atoms with E-state index < -0.39 is 41.3 Å². The van der Waals surface area contributed by atoms with Crippen LogP contribution in [0.5, 0.6) is 0 Å². The van der Waals surface area contributed by atoms with Gasteiger partial charge in [0.1, 0.15) is 0 Å². The highest BCUT2D eigenvalue weighted by atomic mass is 19.4. The van der Waals surface area contributed by atoms with E-state index in [1.807, 2.05) is 0 Å². The van der Waals surface area contributed by atoms with E-state index in [0.29, 0.717) is 6.07 Å². The molecule has 6 nitrogen and oxygen atoms in total. The minimum absolute atomic E-state index is 0.173. The molecule has 2 N–H and O–H groups in total. The minimum atomic E-state index is -4.80. The SMILES string of the molecule is CC1(C)C(O)N(c2ccc(C#N)c(C(F)(F)F)c2)C(O)N1C(=O)c1ccccc1. The molecule has 1 fully saturated rings. The molecule has 1 aliphatic rings. The van der Waals surface area contributed by atoms with Gasteiger partial charge >= 0.3 is 6.18 Å². The molecule has 0 aliphatic carbocycles. The molecule has 3 rings (SSSR count). The fourth-order valence-electron chi connectivity index (χ4n) is 3.40. The molecular weight excluding hydrogens is 387 g/mol. The van der Waals surface area contributed by atoms with Gasteiger partial charge in [-0.1, -0.05) is 18.2 Å². The van der Waals surface area contributed by atoms with Gasteiger partial charge in [0.25, 0.3) is 5.91 Å². The van der Waals surface area contributed by atoms with Crippen LogP contribution in [0.3, 0.4) is 0 Å². The third kappa shape index (κ3) is 3.41. The van der Waals surface area contributed by atoms with Gasteiger partial charge in [0, 0.05) is 11.3 Å². The fraction of sp³-hybridized carbons (Fsp3) is 0.300. The van der Waals surface area contributed by atoms with Crippen LogP contribution in [0.4, 0.5) is 18.9 Å². The van der Waals surface area contributed by atoms with Crippen molar-refractivity contribution in [2.24, 2.45) is 0 Å². The number of hydrogen-bond donors (Lipinski definition) is 2. The Morgan fingerprint density at radius 1 is 1.14 bits per heavy atom. The van der Waals surface area contributed by atoms with E-state index in [1.54, 1.807) is 18.2 Å². The molecule has 0 spiro atoms. The van der Waals surface area contributed by atoms with Gasteiger partial charge in [-0.05, 0) is 44.2 Å². The maximum absolute atomic E-state index is 13.3. The lowest BCUT2D eigenvalue weighted by Crippen LogP contribution is -2.50. The number of carbonyl (C=O) groups is 1. The Morgan fingerprint density at radius 2 is 1.76 bits per heavy atom. The number of nitriles is 1. The average molecular weight is 405 g/mol. The number of anilines is 1. The number of hydrogen-bond acceptors (Lipinski definition) is 5. The molecule has 29 heavy (non-hydrogen) atoms. The van der Waals surface area contributed by atoms with Crippen molar-refractivity contribution in [3.8, 4) is 6.07 Å². The van der Waals surface area contributed by atoms with E-state index >= 15 is 0 Å². The van der Waals surface area contributed by atoms with Crippen LogP contribution in [0, 0.1) is 11.3 Å². The predicted octanol–water partition coefficient (Wildman–Crippen LogP) is 2.91. The normalized spacial score (nSPS) is 21.2. The second-order valence-corrected chi connectivity index (χ2v) is 7.16. The monoisotopic (exact) mass is 405 g/mol. The van der Waals surface area contributed by atoms with E-state index in [9.17, 15) is 28.2 Å². The fourth-order valence-corrected chi connectivity index (χ4v) is 3.40. The number of nitrogens with zero attached hydrogens (tertiary/aromatic N) is 3. The molecule has 9 heteroatoms. The Hall–Kier alpha value is -3.09. The summed E-state index contributed by atoms with van der Waals surface area (Å²) >= 11 is 0. The molecular formula is C20H18F3N3O3. The molecule has 152 valence electrons. The zero-order valence-electron chi connectivity index (χ0n) is 15.6. The van der Waals surface area contributed by atoms with Gasteiger partial charge in [0.15, 0.2) is 6.23 Å². The van der Waals surface area contributed by atoms with Crippen molar-refractivity contribution in [1.29, 1.82) is 5.26 Å². The van der Waals surface area contributed by atoms with Gasteiger partial charge in [-0.25, -0.2) is 0 Å². The average Bonchev–Trinajstić information content (AvgIpc) is 2.85. The largest absolute Gasteiger partial charge is 0.417 e. The Kier molecular flexibility index (Phi) is 5.03. The number of carbonyl (C=O) groups excluding carboxylic acids is 1. The highest BCUT2D eigenvalue weighted by Gasteiger charge is 2.54. The van der Waals surface area contributed by atoms with Gasteiger partial charge < -0.3 is 15.1 Å². The summed E-state index contributed by atoms with van der Waals surface area (Å²) in [6.45, 7) is 2.99. The summed E-state index contributed by atoms with van der Waals surface area (Å²) in [4.78, 5) is 14.9. The Morgan fingerprint density at radius 3 is 2.31 bits per heavy atom. The van der Waals surface area contributed by atoms with Gasteiger partial charge in [0.05, 0.1) is 22.7 Å². The number of aliphatic hydroxyl groups is 2. The summed E-state index contributed by atoms with van der Waals surface area (Å²) in [5, 5.41) is 30.5. The second-order valence-electron chi connectivity index (χ2n) is 7.16. The van der Waals surface area contributed by atoms with Crippen LogP contribution in [-0.2, 0) is 6.18 Å². The van der Waals surface area contributed by atoms with Gasteiger partial charge in [-0.3, -0.25) is 9.69 Å². The van der Waals surface area contributed by atoms with E-state index in [-0.39, 0.29) is 11.3 Å². The van der Waals surface area contributed by atoms with Crippen molar-refractivity contribution in [3.05, 3.63) is 65.2 Å². The molecule has 0 bridgehead atoms. The van der Waals surface area contributed by atoms with Crippen LogP contribution in [-0.4, -0.2) is 39.1 Å². The standard InChI is InChI=1S/C20H18F3N3O3/c1-19(2)17(28)25(14-9-8-13(11-24)15(10-14)20(21,22)23)18(29)26(19)16(27)12-6-4-3-5-7-12/h3-10,17-18,28-29H,1-2H3. The van der Waals surface area contributed by atoms with Crippen LogP contribution < -0.4 is 4.90 Å². The predicted molar refractivity (Wildman–Crippen MR) is 97.3 cm³/mol. The van der Waals surface area contributed by atoms with Crippen molar-refractivity contribution in [3.63, 3.8) is 0 Å². The lowest BCUT2D eigenvalue weighted by molar-refractivity contribution is -0.137. The number of aliphatic hydroxyl groups excluding tert-OH is 2. The van der Waals surface area contributed by atoms with E-state index in [0.717, 1.165) is 15.9 Å². The quantitative estimate of drug-likeness (QED) is 0.802. The second kappa shape index (κ2) is 7.06. The minimum Gasteiger partial charge on any atom is -0.371 e. The lowest BCUT2D eigenvalue weighted by Gasteiger charge is -2.32. The van der Waals surface area contributed by atoms with Gasteiger partial charge in [0.2, 0.25) is 6.35 Å². The number of halogens is 3. The number of rotatable bonds is 2. The molecule has 2 atom stereocenters. The molecule has 2 aromatic carbocycles. The molecule has 0 aromatic heterocycles. The summed E-state index contributed by atoms with van der Waals surface area (Å²) in [5.41, 5.74) is -3.01. The Balaban J connectivity index is 2.06. The van der Waals surface area contributed by atoms with Crippen LogP contribution in [0.25, 0.3) is 0 Å². The summed E-state index contributed by atoms with van der Waals surface area (Å²) < 4.78 is 39.9. The van der Waals surface area contributed by atoms with Crippen LogP contribution in [0.15, 0.2) is 48.5 Å². The molecule has 1 aliphatic heterocycles. The summed E-state index contributed by atoms with van der Waals surface area (Å²) in [5.74, 6) is -0.589. The highest BCUT2D eigenvalue weighted by Crippen LogP contribution is 2.40. The summed E-state index contributed by atoms with van der Waals surface area (Å²) in [6.07, 6.45) is -8.02. The number of benzene rings is 2. The zero-order valence-corrected chi connectivity index (χ0v) is 15.6. The van der Waals surface area contributed by atoms with Crippen molar-refractivity contribution < 1.29 is 28.2 Å². The first-order chi connectivity index (χ1) is 13.5. The van der Waals surface area contributed by atoms with Crippen molar-refractivity contribution in [1.82, 2.24) is 4.90 Å². The lowest BCUT2D eigenvalue weighted by atomic mass is 10.0. The van der Waals surface area contributed by atoms with Crippen LogP contribution in [0.2, 0.25) is 0 Å². The molecule has 2 aromatic rings. The highest BCUT2D eigenvalue weighted by molar-refractivity contribution is 5.95. The van der Waals surface area contributed by atoms with Crippen LogP contribution >= 0.6 is 0 Å². The first kappa shape index (κ1) is 20.6. The molecule has 1 heterocycles. The Labute approximate surface area is 165 Å². The maximum atomic E-state index is 13.3. The molecule has 0 saturated carbocycles. The van der Waals surface area contributed by atoms with Gasteiger partial charge in [-0.2, -0.15) is 18.4 Å².